The Hall–Kier alpha value is -3.69. The average molecular weight is 469 g/mol. The number of alkyl halides is 2. The quantitative estimate of drug-likeness (QED) is 0.398. The summed E-state index contributed by atoms with van der Waals surface area (Å²) >= 11 is 0. The van der Waals surface area contributed by atoms with Gasteiger partial charge in [-0.3, -0.25) is 9.36 Å². The monoisotopic (exact) mass is 468 g/mol. The Kier molecular flexibility index (Phi) is 5.80. The van der Waals surface area contributed by atoms with E-state index in [1.807, 2.05) is 19.2 Å². The van der Waals surface area contributed by atoms with Gasteiger partial charge in [-0.2, -0.15) is 19.0 Å². The number of halogens is 2. The molecule has 3 heterocycles. The smallest absolute Gasteiger partial charge is 0.387 e. The lowest BCUT2D eigenvalue weighted by Gasteiger charge is -2.19. The zero-order valence-electron chi connectivity index (χ0n) is 19.2. The van der Waals surface area contributed by atoms with Gasteiger partial charge in [-0.25, -0.2) is 4.98 Å². The Bertz CT molecular complexity index is 1320. The van der Waals surface area contributed by atoms with Gasteiger partial charge in [0.25, 0.3) is 0 Å². The van der Waals surface area contributed by atoms with Gasteiger partial charge in [-0.1, -0.05) is 19.1 Å². The Balaban J connectivity index is 1.44. The normalized spacial score (nSPS) is 18.1. The number of aryl methyl sites for hydroxylation is 2. The van der Waals surface area contributed by atoms with Gasteiger partial charge in [-0.15, -0.1) is 0 Å². The molecule has 0 saturated heterocycles. The molecule has 8 nitrogen and oxygen atoms in total. The van der Waals surface area contributed by atoms with Crippen LogP contribution in [0.5, 0.6) is 11.5 Å². The van der Waals surface area contributed by atoms with Crippen LogP contribution in [0.15, 0.2) is 42.6 Å². The van der Waals surface area contributed by atoms with Gasteiger partial charge in [0, 0.05) is 31.8 Å². The van der Waals surface area contributed by atoms with Crippen molar-refractivity contribution in [2.45, 2.75) is 38.9 Å². The van der Waals surface area contributed by atoms with Gasteiger partial charge in [-0.05, 0) is 37.3 Å². The summed E-state index contributed by atoms with van der Waals surface area (Å²) in [5.74, 6) is 2.61. The van der Waals surface area contributed by atoms with Crippen molar-refractivity contribution in [3.8, 4) is 22.8 Å². The highest BCUT2D eigenvalue weighted by atomic mass is 19.3. The summed E-state index contributed by atoms with van der Waals surface area (Å²) in [5, 5.41) is 13.1. The molecule has 10 heteroatoms. The van der Waals surface area contributed by atoms with Gasteiger partial charge in [0.2, 0.25) is 0 Å². The minimum absolute atomic E-state index is 0.0823. The summed E-state index contributed by atoms with van der Waals surface area (Å²) in [6.07, 6.45) is 5.31. The fraction of sp³-hybridized carbons (Fsp3) is 0.375. The minimum atomic E-state index is -2.88. The molecule has 5 rings (SSSR count). The van der Waals surface area contributed by atoms with Gasteiger partial charge in [0.1, 0.15) is 29.2 Å². The summed E-state index contributed by atoms with van der Waals surface area (Å²) in [6.45, 7) is -0.662. The number of benzene rings is 1. The Morgan fingerprint density at radius 2 is 1.97 bits per heavy atom. The molecule has 2 unspecified atom stereocenters. The van der Waals surface area contributed by atoms with E-state index >= 15 is 0 Å². The van der Waals surface area contributed by atoms with Crippen molar-refractivity contribution in [3.05, 3.63) is 42.6 Å². The number of hydrogen-bond donors (Lipinski definition) is 1. The third-order valence-corrected chi connectivity index (χ3v) is 6.22. The van der Waals surface area contributed by atoms with Crippen LogP contribution in [0.1, 0.15) is 26.2 Å². The highest BCUT2D eigenvalue weighted by Gasteiger charge is 2.26. The second-order valence-electron chi connectivity index (χ2n) is 8.65. The molecule has 0 aliphatic heterocycles. The summed E-state index contributed by atoms with van der Waals surface area (Å²) < 4.78 is 39.5. The number of aromatic nitrogens is 5. The number of pyridine rings is 1. The fourth-order valence-electron chi connectivity index (χ4n) is 4.39. The van der Waals surface area contributed by atoms with E-state index in [1.165, 1.54) is 25.0 Å². The predicted molar refractivity (Wildman–Crippen MR) is 124 cm³/mol. The van der Waals surface area contributed by atoms with E-state index in [0.717, 1.165) is 17.6 Å². The first-order chi connectivity index (χ1) is 16.4. The molecule has 1 aromatic carbocycles. The van der Waals surface area contributed by atoms with Crippen LogP contribution in [0, 0.1) is 5.92 Å². The molecule has 1 saturated carbocycles. The first-order valence-corrected chi connectivity index (χ1v) is 11.2. The highest BCUT2D eigenvalue weighted by Crippen LogP contribution is 2.35. The number of rotatable bonds is 7. The zero-order valence-corrected chi connectivity index (χ0v) is 19.2. The zero-order chi connectivity index (χ0) is 23.8. The number of ether oxygens (including phenoxy) is 2. The summed E-state index contributed by atoms with van der Waals surface area (Å²) in [5.41, 5.74) is 1.99. The number of anilines is 2. The first kappa shape index (κ1) is 22.1. The maximum Gasteiger partial charge on any atom is 0.387 e. The number of fused-ring (bicyclic) bond motifs is 1. The van der Waals surface area contributed by atoms with Crippen LogP contribution in [-0.2, 0) is 14.1 Å². The predicted octanol–water partition coefficient (Wildman–Crippen LogP) is 5.28. The van der Waals surface area contributed by atoms with Crippen LogP contribution in [0.25, 0.3) is 22.3 Å². The Morgan fingerprint density at radius 3 is 2.74 bits per heavy atom. The molecule has 1 aliphatic carbocycles. The van der Waals surface area contributed by atoms with E-state index in [2.05, 4.69) is 27.2 Å². The second-order valence-corrected chi connectivity index (χ2v) is 8.65. The maximum absolute atomic E-state index is 12.6. The molecule has 4 aromatic rings. The number of hydrogen-bond acceptors (Lipinski definition) is 6. The van der Waals surface area contributed by atoms with Crippen LogP contribution in [-0.4, -0.2) is 37.3 Å². The fourth-order valence-corrected chi connectivity index (χ4v) is 4.39. The van der Waals surface area contributed by atoms with Crippen LogP contribution >= 0.6 is 0 Å². The van der Waals surface area contributed by atoms with Crippen molar-refractivity contribution < 1.29 is 18.3 Å². The SMILES string of the molecule is CC1CCCC1Oc1cc(Nc2cc(-c3cccc(OC(F)F)c3)nn2C)nc2c1cnn2C. The maximum atomic E-state index is 12.6. The topological polar surface area (TPSA) is 79.0 Å². The molecule has 1 N–H and O–H groups in total. The Labute approximate surface area is 195 Å². The molecule has 1 fully saturated rings. The van der Waals surface area contributed by atoms with Crippen LogP contribution in [0.4, 0.5) is 20.4 Å². The van der Waals surface area contributed by atoms with Crippen molar-refractivity contribution in [3.63, 3.8) is 0 Å². The van der Waals surface area contributed by atoms with Crippen molar-refractivity contribution in [1.29, 1.82) is 0 Å². The highest BCUT2D eigenvalue weighted by molar-refractivity contribution is 5.84. The average Bonchev–Trinajstić information content (AvgIpc) is 3.48. The van der Waals surface area contributed by atoms with Crippen LogP contribution in [0.3, 0.4) is 0 Å². The van der Waals surface area contributed by atoms with Gasteiger partial charge < -0.3 is 14.8 Å². The van der Waals surface area contributed by atoms with Crippen LogP contribution < -0.4 is 14.8 Å². The molecule has 0 amide bonds. The van der Waals surface area contributed by atoms with E-state index in [-0.39, 0.29) is 11.9 Å². The summed E-state index contributed by atoms with van der Waals surface area (Å²) in [4.78, 5) is 4.72. The molecule has 2 atom stereocenters. The van der Waals surface area contributed by atoms with E-state index in [0.29, 0.717) is 34.5 Å². The molecule has 34 heavy (non-hydrogen) atoms. The molecule has 0 bridgehead atoms. The van der Waals surface area contributed by atoms with Gasteiger partial charge in [0.05, 0.1) is 17.3 Å². The molecular formula is C24H26F2N6O2. The van der Waals surface area contributed by atoms with Crippen molar-refractivity contribution in [2.75, 3.05) is 5.32 Å². The van der Waals surface area contributed by atoms with Crippen molar-refractivity contribution in [1.82, 2.24) is 24.5 Å². The number of nitrogens with zero attached hydrogens (tertiary/aromatic N) is 5. The van der Waals surface area contributed by atoms with Gasteiger partial charge in [0.15, 0.2) is 5.65 Å². The molecular weight excluding hydrogens is 442 g/mol. The van der Waals surface area contributed by atoms with Crippen LogP contribution in [0.2, 0.25) is 0 Å². The van der Waals surface area contributed by atoms with E-state index in [1.54, 1.807) is 34.7 Å². The molecule has 3 aromatic heterocycles. The Morgan fingerprint density at radius 1 is 1.12 bits per heavy atom. The van der Waals surface area contributed by atoms with E-state index < -0.39 is 6.61 Å². The summed E-state index contributed by atoms with van der Waals surface area (Å²) in [6, 6.07) is 10.2. The third-order valence-electron chi connectivity index (χ3n) is 6.22. The largest absolute Gasteiger partial charge is 0.489 e. The molecule has 0 radical (unpaired) electrons. The number of nitrogens with one attached hydrogen (secondary N) is 1. The van der Waals surface area contributed by atoms with E-state index in [4.69, 9.17) is 9.72 Å². The molecule has 0 spiro atoms. The standard InChI is InChI=1S/C24H26F2N6O2/c1-14-6-4-9-19(14)34-20-12-21(29-23-17(20)13-27-32(23)3)28-22-11-18(30-31(22)2)15-7-5-8-16(10-15)33-24(25)26/h5,7-8,10-14,19,24H,4,6,9H2,1-3H3,(H,28,29). The summed E-state index contributed by atoms with van der Waals surface area (Å²) in [7, 11) is 3.64. The molecule has 178 valence electrons. The lowest BCUT2D eigenvalue weighted by molar-refractivity contribution is -0.0498. The van der Waals surface area contributed by atoms with Gasteiger partial charge >= 0.3 is 6.61 Å². The second kappa shape index (κ2) is 8.92. The lowest BCUT2D eigenvalue weighted by Crippen LogP contribution is -2.19. The third kappa shape index (κ3) is 4.40. The van der Waals surface area contributed by atoms with Crippen molar-refractivity contribution in [2.24, 2.45) is 20.0 Å². The lowest BCUT2D eigenvalue weighted by atomic mass is 10.1. The van der Waals surface area contributed by atoms with Crippen molar-refractivity contribution >= 4 is 22.7 Å². The molecule has 1 aliphatic rings. The minimum Gasteiger partial charge on any atom is -0.489 e. The first-order valence-electron chi connectivity index (χ1n) is 11.2. The van der Waals surface area contributed by atoms with E-state index in [9.17, 15) is 8.78 Å².